The number of aliphatic hydroxyl groups is 2. The lowest BCUT2D eigenvalue weighted by Gasteiger charge is -2.08. The molecule has 0 fully saturated rings. The summed E-state index contributed by atoms with van der Waals surface area (Å²) >= 11 is 0. The van der Waals surface area contributed by atoms with E-state index in [0.29, 0.717) is 13.1 Å². The summed E-state index contributed by atoms with van der Waals surface area (Å²) in [7, 11) is 1.90. The van der Waals surface area contributed by atoms with Crippen molar-refractivity contribution in [3.63, 3.8) is 0 Å². The van der Waals surface area contributed by atoms with E-state index in [1.165, 1.54) is 0 Å². The Balaban J connectivity index is 2.40. The van der Waals surface area contributed by atoms with E-state index in [0.717, 1.165) is 17.8 Å². The molecule has 3 N–H and O–H groups in total. The Labute approximate surface area is 89.7 Å². The summed E-state index contributed by atoms with van der Waals surface area (Å²) in [6.07, 6.45) is 0.233. The van der Waals surface area contributed by atoms with Gasteiger partial charge in [0.2, 0.25) is 0 Å². The molecular weight excluding hydrogens is 194 g/mol. The van der Waals surface area contributed by atoms with E-state index in [1.807, 2.05) is 17.8 Å². The predicted octanol–water partition coefficient (Wildman–Crippen LogP) is -0.575. The van der Waals surface area contributed by atoms with Gasteiger partial charge in [-0.2, -0.15) is 5.10 Å². The second kappa shape index (κ2) is 5.85. The van der Waals surface area contributed by atoms with Crippen molar-refractivity contribution in [3.8, 4) is 0 Å². The summed E-state index contributed by atoms with van der Waals surface area (Å²) in [6, 6.07) is 2.04. The number of rotatable bonds is 6. The van der Waals surface area contributed by atoms with Crippen molar-refractivity contribution in [1.82, 2.24) is 15.1 Å². The zero-order chi connectivity index (χ0) is 11.3. The van der Waals surface area contributed by atoms with Crippen molar-refractivity contribution in [2.45, 2.75) is 26.0 Å². The first-order chi connectivity index (χ1) is 7.17. The summed E-state index contributed by atoms with van der Waals surface area (Å²) < 4.78 is 1.83. The number of nitrogens with one attached hydrogen (secondary N) is 1. The van der Waals surface area contributed by atoms with Gasteiger partial charge in [-0.1, -0.05) is 6.92 Å². The van der Waals surface area contributed by atoms with E-state index in [4.69, 9.17) is 10.2 Å². The van der Waals surface area contributed by atoms with Gasteiger partial charge in [-0.3, -0.25) is 4.68 Å². The molecule has 0 saturated carbocycles. The summed E-state index contributed by atoms with van der Waals surface area (Å²) in [4.78, 5) is 0. The van der Waals surface area contributed by atoms with Gasteiger partial charge < -0.3 is 15.5 Å². The second-order valence-corrected chi connectivity index (χ2v) is 3.57. The van der Waals surface area contributed by atoms with Crippen molar-refractivity contribution < 1.29 is 10.2 Å². The topological polar surface area (TPSA) is 70.3 Å². The van der Waals surface area contributed by atoms with Crippen LogP contribution in [0, 0.1) is 0 Å². The predicted molar refractivity (Wildman–Crippen MR) is 57.4 cm³/mol. The first kappa shape index (κ1) is 12.2. The Morgan fingerprint density at radius 2 is 2.33 bits per heavy atom. The van der Waals surface area contributed by atoms with Gasteiger partial charge in [0.15, 0.2) is 0 Å². The number of nitrogens with zero attached hydrogens (tertiary/aromatic N) is 2. The molecule has 0 amide bonds. The first-order valence-electron chi connectivity index (χ1n) is 5.18. The molecule has 0 saturated heterocycles. The molecule has 0 aliphatic carbocycles. The molecule has 1 unspecified atom stereocenters. The molecule has 0 bridgehead atoms. The number of hydrogen-bond donors (Lipinski definition) is 3. The van der Waals surface area contributed by atoms with Crippen LogP contribution in [0.5, 0.6) is 0 Å². The van der Waals surface area contributed by atoms with Crippen LogP contribution in [0.1, 0.15) is 18.3 Å². The van der Waals surface area contributed by atoms with E-state index in [9.17, 15) is 0 Å². The molecular formula is C10H19N3O2. The fourth-order valence-corrected chi connectivity index (χ4v) is 1.34. The maximum atomic E-state index is 9.12. The maximum absolute atomic E-state index is 9.12. The first-order valence-corrected chi connectivity index (χ1v) is 5.18. The van der Waals surface area contributed by atoms with E-state index >= 15 is 0 Å². The van der Waals surface area contributed by atoms with Crippen molar-refractivity contribution >= 4 is 0 Å². The standard InChI is InChI=1S/C10H19N3O2/c1-3-8-4-9(13(2)12-8)5-11-6-10(15)7-14/h4,10-11,14-15H,3,5-7H2,1-2H3. The van der Waals surface area contributed by atoms with Crippen LogP contribution >= 0.6 is 0 Å². The highest BCUT2D eigenvalue weighted by Crippen LogP contribution is 2.03. The van der Waals surface area contributed by atoms with E-state index in [1.54, 1.807) is 0 Å². The normalized spacial score (nSPS) is 13.1. The molecule has 1 atom stereocenters. The Bertz CT molecular complexity index is 299. The molecule has 0 radical (unpaired) electrons. The average Bonchev–Trinajstić information content (AvgIpc) is 2.59. The van der Waals surface area contributed by atoms with E-state index in [-0.39, 0.29) is 6.61 Å². The molecule has 15 heavy (non-hydrogen) atoms. The van der Waals surface area contributed by atoms with Crippen LogP contribution in [0.3, 0.4) is 0 Å². The van der Waals surface area contributed by atoms with E-state index < -0.39 is 6.10 Å². The Morgan fingerprint density at radius 1 is 1.60 bits per heavy atom. The van der Waals surface area contributed by atoms with Gasteiger partial charge in [-0.25, -0.2) is 0 Å². The molecule has 5 heteroatoms. The summed E-state index contributed by atoms with van der Waals surface area (Å²) in [5, 5.41) is 25.1. The van der Waals surface area contributed by atoms with Gasteiger partial charge in [0.05, 0.1) is 24.1 Å². The van der Waals surface area contributed by atoms with Crippen molar-refractivity contribution in [3.05, 3.63) is 17.5 Å². The van der Waals surface area contributed by atoms with Gasteiger partial charge >= 0.3 is 0 Å². The van der Waals surface area contributed by atoms with Crippen molar-refractivity contribution in [1.29, 1.82) is 0 Å². The van der Waals surface area contributed by atoms with Gasteiger partial charge in [0.25, 0.3) is 0 Å². The SMILES string of the molecule is CCc1cc(CNCC(O)CO)n(C)n1. The van der Waals surface area contributed by atoms with E-state index in [2.05, 4.69) is 17.3 Å². The summed E-state index contributed by atoms with van der Waals surface area (Å²) in [6.45, 7) is 2.90. The highest BCUT2D eigenvalue weighted by molar-refractivity contribution is 5.09. The molecule has 0 aromatic carbocycles. The smallest absolute Gasteiger partial charge is 0.0895 e. The minimum Gasteiger partial charge on any atom is -0.394 e. The fraction of sp³-hybridized carbons (Fsp3) is 0.700. The zero-order valence-electron chi connectivity index (χ0n) is 9.27. The average molecular weight is 213 g/mol. The lowest BCUT2D eigenvalue weighted by Crippen LogP contribution is -2.29. The molecule has 0 aliphatic rings. The van der Waals surface area contributed by atoms with Crippen LogP contribution in [0.25, 0.3) is 0 Å². The van der Waals surface area contributed by atoms with Crippen LogP contribution in [0.15, 0.2) is 6.07 Å². The molecule has 1 rings (SSSR count). The molecule has 1 heterocycles. The van der Waals surface area contributed by atoms with Crippen molar-refractivity contribution in [2.24, 2.45) is 7.05 Å². The zero-order valence-corrected chi connectivity index (χ0v) is 9.27. The van der Waals surface area contributed by atoms with Gasteiger partial charge in [-0.05, 0) is 12.5 Å². The minimum atomic E-state index is -0.691. The Kier molecular flexibility index (Phi) is 4.74. The maximum Gasteiger partial charge on any atom is 0.0895 e. The highest BCUT2D eigenvalue weighted by Gasteiger charge is 2.05. The van der Waals surface area contributed by atoms with Gasteiger partial charge in [-0.15, -0.1) is 0 Å². The highest BCUT2D eigenvalue weighted by atomic mass is 16.3. The number of aromatic nitrogens is 2. The molecule has 1 aromatic rings. The quantitative estimate of drug-likeness (QED) is 0.591. The number of aryl methyl sites for hydroxylation is 2. The monoisotopic (exact) mass is 213 g/mol. The third-order valence-corrected chi connectivity index (χ3v) is 2.29. The lowest BCUT2D eigenvalue weighted by atomic mass is 10.3. The minimum absolute atomic E-state index is 0.210. The lowest BCUT2D eigenvalue weighted by molar-refractivity contribution is 0.0941. The number of hydrogen-bond acceptors (Lipinski definition) is 4. The second-order valence-electron chi connectivity index (χ2n) is 3.57. The van der Waals surface area contributed by atoms with Crippen LogP contribution in [0.4, 0.5) is 0 Å². The Morgan fingerprint density at radius 3 is 2.87 bits per heavy atom. The van der Waals surface area contributed by atoms with Crippen LogP contribution in [-0.2, 0) is 20.0 Å². The van der Waals surface area contributed by atoms with Crippen LogP contribution in [-0.4, -0.2) is 39.2 Å². The third kappa shape index (κ3) is 3.62. The molecule has 0 aliphatic heterocycles. The van der Waals surface area contributed by atoms with Crippen molar-refractivity contribution in [2.75, 3.05) is 13.2 Å². The fourth-order valence-electron chi connectivity index (χ4n) is 1.34. The molecule has 86 valence electrons. The Hall–Kier alpha value is -0.910. The number of aliphatic hydroxyl groups excluding tert-OH is 2. The van der Waals surface area contributed by atoms with Gasteiger partial charge in [0, 0.05) is 20.1 Å². The molecule has 5 nitrogen and oxygen atoms in total. The summed E-state index contributed by atoms with van der Waals surface area (Å²) in [5.41, 5.74) is 2.15. The van der Waals surface area contributed by atoms with Crippen LogP contribution < -0.4 is 5.32 Å². The molecule has 0 spiro atoms. The summed E-state index contributed by atoms with van der Waals surface area (Å²) in [5.74, 6) is 0. The third-order valence-electron chi connectivity index (χ3n) is 2.29. The van der Waals surface area contributed by atoms with Gasteiger partial charge in [0.1, 0.15) is 0 Å². The molecule has 1 aromatic heterocycles. The van der Waals surface area contributed by atoms with Crippen LogP contribution in [0.2, 0.25) is 0 Å². The largest absolute Gasteiger partial charge is 0.394 e.